The van der Waals surface area contributed by atoms with Crippen LogP contribution in [0, 0.1) is 0 Å². The minimum Gasteiger partial charge on any atom is -0.507 e. The predicted octanol–water partition coefficient (Wildman–Crippen LogP) is 2.17. The average Bonchev–Trinajstić information content (AvgIpc) is 2.49. The Morgan fingerprint density at radius 3 is 2.65 bits per heavy atom. The zero-order chi connectivity index (χ0) is 13.8. The molecule has 0 aliphatic carbocycles. The maximum atomic E-state index is 9.63. The van der Waals surface area contributed by atoms with E-state index in [0.717, 1.165) is 16.7 Å². The summed E-state index contributed by atoms with van der Waals surface area (Å²) in [7, 11) is 0. The van der Waals surface area contributed by atoms with Crippen molar-refractivity contribution in [3.8, 4) is 5.75 Å². The van der Waals surface area contributed by atoms with Crippen molar-refractivity contribution >= 4 is 22.9 Å². The number of quaternary nitrogens is 1. The van der Waals surface area contributed by atoms with Gasteiger partial charge in [0.1, 0.15) is 5.75 Å². The molecule has 1 heterocycles. The summed E-state index contributed by atoms with van der Waals surface area (Å²) in [5.41, 5.74) is 3.31. The summed E-state index contributed by atoms with van der Waals surface area (Å²) in [6.07, 6.45) is 1.62. The summed E-state index contributed by atoms with van der Waals surface area (Å²) in [6.45, 7) is 0. The molecular weight excluding hydrogens is 250 g/mol. The van der Waals surface area contributed by atoms with Crippen LogP contribution in [-0.4, -0.2) is 16.3 Å². The Labute approximate surface area is 116 Å². The Bertz CT molecular complexity index is 768. The molecular formula is C16H14N3O+. The first-order valence-electron chi connectivity index (χ1n) is 6.33. The van der Waals surface area contributed by atoms with Crippen LogP contribution in [0.5, 0.6) is 5.75 Å². The molecule has 0 aliphatic heterocycles. The SMILES string of the molecule is Oc1ccccc1C=N[NH2+]c1ccc2ccccc2n1. The number of benzene rings is 2. The summed E-state index contributed by atoms with van der Waals surface area (Å²) in [5.74, 6) is 1.01. The van der Waals surface area contributed by atoms with Gasteiger partial charge in [-0.05, 0) is 24.3 Å². The van der Waals surface area contributed by atoms with Crippen molar-refractivity contribution in [2.45, 2.75) is 0 Å². The summed E-state index contributed by atoms with van der Waals surface area (Å²) in [4.78, 5) is 4.50. The number of aromatic hydroxyl groups is 1. The topological polar surface area (TPSA) is 62.1 Å². The van der Waals surface area contributed by atoms with E-state index in [4.69, 9.17) is 0 Å². The van der Waals surface area contributed by atoms with Gasteiger partial charge in [-0.2, -0.15) is 10.4 Å². The van der Waals surface area contributed by atoms with Crippen LogP contribution < -0.4 is 5.43 Å². The van der Waals surface area contributed by atoms with E-state index in [1.807, 2.05) is 42.5 Å². The number of fused-ring (bicyclic) bond motifs is 1. The maximum absolute atomic E-state index is 9.63. The maximum Gasteiger partial charge on any atom is 0.251 e. The van der Waals surface area contributed by atoms with Crippen molar-refractivity contribution in [2.24, 2.45) is 5.10 Å². The standard InChI is InChI=1S/C16H13N3O/c20-15-8-4-2-6-13(15)11-17-19-16-10-9-12-5-1-3-7-14(12)18-16/h1-11,20H,(H,18,19)/p+1. The van der Waals surface area contributed by atoms with E-state index in [1.54, 1.807) is 29.8 Å². The molecule has 0 aliphatic rings. The Hall–Kier alpha value is -2.72. The Balaban J connectivity index is 1.78. The largest absolute Gasteiger partial charge is 0.507 e. The number of hydrogen-bond donors (Lipinski definition) is 2. The Kier molecular flexibility index (Phi) is 3.39. The highest BCUT2D eigenvalue weighted by Gasteiger charge is 2.00. The third-order valence-electron chi connectivity index (χ3n) is 2.98. The number of nitrogens with two attached hydrogens (primary N) is 1. The molecule has 3 rings (SSSR count). The van der Waals surface area contributed by atoms with Crippen LogP contribution in [0.15, 0.2) is 65.8 Å². The van der Waals surface area contributed by atoms with E-state index in [-0.39, 0.29) is 5.75 Å². The van der Waals surface area contributed by atoms with Gasteiger partial charge in [0.05, 0.1) is 11.7 Å². The van der Waals surface area contributed by atoms with Gasteiger partial charge in [-0.3, -0.25) is 0 Å². The number of hydrogen-bond acceptors (Lipinski definition) is 3. The van der Waals surface area contributed by atoms with Gasteiger partial charge in [0.2, 0.25) is 0 Å². The van der Waals surface area contributed by atoms with Crippen LogP contribution >= 0.6 is 0 Å². The second kappa shape index (κ2) is 5.50. The summed E-state index contributed by atoms with van der Waals surface area (Å²) in [6, 6.07) is 19.0. The van der Waals surface area contributed by atoms with Crippen molar-refractivity contribution in [1.29, 1.82) is 0 Å². The zero-order valence-corrected chi connectivity index (χ0v) is 10.8. The van der Waals surface area contributed by atoms with Crippen molar-refractivity contribution < 1.29 is 10.5 Å². The lowest BCUT2D eigenvalue weighted by Gasteiger charge is -1.98. The van der Waals surface area contributed by atoms with Gasteiger partial charge >= 0.3 is 0 Å². The molecule has 3 N–H and O–H groups in total. The molecule has 0 bridgehead atoms. The lowest BCUT2D eigenvalue weighted by Crippen LogP contribution is -2.71. The first-order valence-corrected chi connectivity index (χ1v) is 6.33. The van der Waals surface area contributed by atoms with E-state index in [2.05, 4.69) is 10.1 Å². The minimum absolute atomic E-state index is 0.219. The second-order valence-corrected chi connectivity index (χ2v) is 4.39. The molecule has 0 saturated heterocycles. The fourth-order valence-corrected chi connectivity index (χ4v) is 1.94. The van der Waals surface area contributed by atoms with Crippen LogP contribution in [0.4, 0.5) is 5.82 Å². The van der Waals surface area contributed by atoms with Gasteiger partial charge in [-0.15, -0.1) is 0 Å². The first kappa shape index (κ1) is 12.3. The Morgan fingerprint density at radius 1 is 0.950 bits per heavy atom. The molecule has 4 heteroatoms. The number of nitrogens with zero attached hydrogens (tertiary/aromatic N) is 2. The van der Waals surface area contributed by atoms with Gasteiger partial charge in [0, 0.05) is 17.0 Å². The van der Waals surface area contributed by atoms with Gasteiger partial charge < -0.3 is 5.11 Å². The van der Waals surface area contributed by atoms with E-state index in [0.29, 0.717) is 5.56 Å². The van der Waals surface area contributed by atoms with Crippen LogP contribution in [0.3, 0.4) is 0 Å². The van der Waals surface area contributed by atoms with Crippen LogP contribution in [0.2, 0.25) is 0 Å². The fraction of sp³-hybridized carbons (Fsp3) is 0. The van der Waals surface area contributed by atoms with Crippen molar-refractivity contribution in [1.82, 2.24) is 4.98 Å². The predicted molar refractivity (Wildman–Crippen MR) is 79.0 cm³/mol. The number of aromatic nitrogens is 1. The lowest BCUT2D eigenvalue weighted by atomic mass is 10.2. The molecule has 0 atom stereocenters. The van der Waals surface area contributed by atoms with Crippen molar-refractivity contribution in [2.75, 3.05) is 0 Å². The van der Waals surface area contributed by atoms with Crippen molar-refractivity contribution in [3.05, 3.63) is 66.2 Å². The molecule has 0 spiro atoms. The van der Waals surface area contributed by atoms with Crippen molar-refractivity contribution in [3.63, 3.8) is 0 Å². The zero-order valence-electron chi connectivity index (χ0n) is 10.8. The molecule has 1 aromatic heterocycles. The van der Waals surface area contributed by atoms with E-state index in [9.17, 15) is 5.11 Å². The van der Waals surface area contributed by atoms with Gasteiger partial charge in [-0.1, -0.05) is 35.4 Å². The van der Waals surface area contributed by atoms with Gasteiger partial charge in [0.15, 0.2) is 0 Å². The van der Waals surface area contributed by atoms with Crippen LogP contribution in [0.1, 0.15) is 5.56 Å². The molecule has 3 aromatic rings. The number of pyridine rings is 1. The van der Waals surface area contributed by atoms with Gasteiger partial charge in [0.25, 0.3) is 5.82 Å². The highest BCUT2D eigenvalue weighted by molar-refractivity contribution is 5.82. The summed E-state index contributed by atoms with van der Waals surface area (Å²) in [5, 5.41) is 14.9. The molecule has 0 fully saturated rings. The molecule has 98 valence electrons. The summed E-state index contributed by atoms with van der Waals surface area (Å²) < 4.78 is 0. The number of rotatable bonds is 3. The second-order valence-electron chi connectivity index (χ2n) is 4.39. The Morgan fingerprint density at radius 2 is 1.75 bits per heavy atom. The first-order chi connectivity index (χ1) is 9.83. The normalized spacial score (nSPS) is 11.2. The molecule has 0 unspecified atom stereocenters. The lowest BCUT2D eigenvalue weighted by molar-refractivity contribution is -0.580. The van der Waals surface area contributed by atoms with E-state index in [1.165, 1.54) is 0 Å². The van der Waals surface area contributed by atoms with E-state index >= 15 is 0 Å². The summed E-state index contributed by atoms with van der Waals surface area (Å²) >= 11 is 0. The monoisotopic (exact) mass is 264 g/mol. The third kappa shape index (κ3) is 2.65. The quantitative estimate of drug-likeness (QED) is 0.432. The number of phenols is 1. The van der Waals surface area contributed by atoms with Crippen LogP contribution in [0.25, 0.3) is 10.9 Å². The van der Waals surface area contributed by atoms with E-state index < -0.39 is 0 Å². The smallest absolute Gasteiger partial charge is 0.251 e. The molecule has 0 saturated carbocycles. The molecule has 0 amide bonds. The van der Waals surface area contributed by atoms with Gasteiger partial charge in [-0.25, -0.2) is 0 Å². The third-order valence-corrected chi connectivity index (χ3v) is 2.98. The fourth-order valence-electron chi connectivity index (χ4n) is 1.94. The highest BCUT2D eigenvalue weighted by Crippen LogP contribution is 2.13. The molecule has 20 heavy (non-hydrogen) atoms. The average molecular weight is 264 g/mol. The number of para-hydroxylation sites is 2. The molecule has 2 aromatic carbocycles. The highest BCUT2D eigenvalue weighted by atomic mass is 16.3. The molecule has 4 nitrogen and oxygen atoms in total. The van der Waals surface area contributed by atoms with Crippen LogP contribution in [-0.2, 0) is 0 Å². The molecule has 0 radical (unpaired) electrons. The minimum atomic E-state index is 0.219. The number of phenolic OH excluding ortho intramolecular Hbond substituents is 1.